The van der Waals surface area contributed by atoms with E-state index in [2.05, 4.69) is 11.0 Å². The van der Waals surface area contributed by atoms with Crippen molar-refractivity contribution in [3.8, 4) is 0 Å². The van der Waals surface area contributed by atoms with Crippen LogP contribution in [0.4, 0.5) is 5.69 Å². The molecule has 2 N–H and O–H groups in total. The third-order valence-corrected chi connectivity index (χ3v) is 2.69. The lowest BCUT2D eigenvalue weighted by atomic mass is 10.1. The maximum absolute atomic E-state index is 5.89. The molecule has 0 unspecified atom stereocenters. The molecule has 0 aromatic heterocycles. The van der Waals surface area contributed by atoms with E-state index in [1.807, 2.05) is 12.1 Å². The molecule has 1 fully saturated rings. The van der Waals surface area contributed by atoms with Crippen molar-refractivity contribution in [3.05, 3.63) is 28.8 Å². The number of benzene rings is 1. The van der Waals surface area contributed by atoms with Crippen molar-refractivity contribution < 1.29 is 0 Å². The zero-order valence-electron chi connectivity index (χ0n) is 7.46. The molecular weight excluding hydrogens is 184 g/mol. The smallest absolute Gasteiger partial charge is 0.0412 e. The molecule has 70 valence electrons. The van der Waals surface area contributed by atoms with Gasteiger partial charge in [0.1, 0.15) is 0 Å². The van der Waals surface area contributed by atoms with Crippen molar-refractivity contribution in [2.75, 3.05) is 18.0 Å². The quantitative estimate of drug-likeness (QED) is 0.784. The zero-order chi connectivity index (χ0) is 9.26. The molecule has 2 rings (SSSR count). The Labute approximate surface area is 83.3 Å². The van der Waals surface area contributed by atoms with Crippen molar-refractivity contribution in [3.63, 3.8) is 0 Å². The topological polar surface area (TPSA) is 29.3 Å². The Kier molecular flexibility index (Phi) is 2.42. The van der Waals surface area contributed by atoms with Gasteiger partial charge in [0.25, 0.3) is 0 Å². The van der Waals surface area contributed by atoms with Gasteiger partial charge in [-0.25, -0.2) is 0 Å². The second kappa shape index (κ2) is 3.56. The summed E-state index contributed by atoms with van der Waals surface area (Å²) in [7, 11) is 0. The molecule has 13 heavy (non-hydrogen) atoms. The van der Waals surface area contributed by atoms with Crippen LogP contribution in [0.25, 0.3) is 0 Å². The molecule has 1 aliphatic rings. The Hall–Kier alpha value is -0.730. The summed E-state index contributed by atoms with van der Waals surface area (Å²) in [6.45, 7) is 2.86. The normalized spacial score (nSPS) is 15.7. The van der Waals surface area contributed by atoms with E-state index < -0.39 is 0 Å². The maximum atomic E-state index is 5.89. The number of hydrogen-bond acceptors (Lipinski definition) is 2. The van der Waals surface area contributed by atoms with Gasteiger partial charge in [0, 0.05) is 30.3 Å². The second-order valence-electron chi connectivity index (χ2n) is 3.32. The van der Waals surface area contributed by atoms with Gasteiger partial charge in [-0.2, -0.15) is 0 Å². The Balaban J connectivity index is 2.32. The van der Waals surface area contributed by atoms with E-state index in [9.17, 15) is 0 Å². The van der Waals surface area contributed by atoms with Crippen LogP contribution in [0.5, 0.6) is 0 Å². The lowest BCUT2D eigenvalue weighted by molar-refractivity contribution is 0.615. The first-order chi connectivity index (χ1) is 6.31. The minimum absolute atomic E-state index is 0.562. The van der Waals surface area contributed by atoms with Crippen molar-refractivity contribution in [1.82, 2.24) is 0 Å². The van der Waals surface area contributed by atoms with E-state index >= 15 is 0 Å². The first kappa shape index (κ1) is 8.85. The van der Waals surface area contributed by atoms with E-state index in [4.69, 9.17) is 17.3 Å². The van der Waals surface area contributed by atoms with Gasteiger partial charge in [-0.15, -0.1) is 0 Å². The lowest BCUT2D eigenvalue weighted by Crippen LogP contribution is -2.37. The summed E-state index contributed by atoms with van der Waals surface area (Å²) in [5.41, 5.74) is 8.04. The van der Waals surface area contributed by atoms with Crippen LogP contribution in [0.3, 0.4) is 0 Å². The van der Waals surface area contributed by atoms with Gasteiger partial charge in [0.2, 0.25) is 0 Å². The van der Waals surface area contributed by atoms with Crippen LogP contribution in [-0.4, -0.2) is 13.1 Å². The van der Waals surface area contributed by atoms with E-state index in [-0.39, 0.29) is 0 Å². The van der Waals surface area contributed by atoms with Gasteiger partial charge in [0.15, 0.2) is 0 Å². The van der Waals surface area contributed by atoms with Gasteiger partial charge in [-0.1, -0.05) is 11.6 Å². The molecule has 0 radical (unpaired) electrons. The Bertz CT molecular complexity index is 308. The summed E-state index contributed by atoms with van der Waals surface area (Å²) in [6, 6.07) is 5.94. The number of nitrogens with two attached hydrogens (primary N) is 1. The summed E-state index contributed by atoms with van der Waals surface area (Å²) in [5.74, 6) is 0. The fourth-order valence-electron chi connectivity index (χ4n) is 1.58. The molecule has 0 bridgehead atoms. The zero-order valence-corrected chi connectivity index (χ0v) is 8.22. The standard InChI is InChI=1S/C10H13ClN2/c11-9-2-3-10(8(6-9)7-12)13-4-1-5-13/h2-3,6H,1,4-5,7,12H2. The number of rotatable bonds is 2. The minimum Gasteiger partial charge on any atom is -0.371 e. The fourth-order valence-corrected chi connectivity index (χ4v) is 1.78. The van der Waals surface area contributed by atoms with Crippen LogP contribution in [0.1, 0.15) is 12.0 Å². The molecule has 2 nitrogen and oxygen atoms in total. The van der Waals surface area contributed by atoms with E-state index in [0.717, 1.165) is 23.7 Å². The maximum Gasteiger partial charge on any atom is 0.0412 e. The number of halogens is 1. The molecule has 0 saturated carbocycles. The molecule has 1 saturated heterocycles. The number of hydrogen-bond donors (Lipinski definition) is 1. The number of anilines is 1. The Morgan fingerprint density at radius 1 is 1.38 bits per heavy atom. The highest BCUT2D eigenvalue weighted by atomic mass is 35.5. The third-order valence-electron chi connectivity index (χ3n) is 2.46. The molecule has 0 aliphatic carbocycles. The summed E-state index contributed by atoms with van der Waals surface area (Å²) < 4.78 is 0. The highest BCUT2D eigenvalue weighted by molar-refractivity contribution is 6.30. The van der Waals surface area contributed by atoms with Crippen molar-refractivity contribution in [2.45, 2.75) is 13.0 Å². The van der Waals surface area contributed by atoms with Crippen LogP contribution in [0.15, 0.2) is 18.2 Å². The van der Waals surface area contributed by atoms with E-state index in [1.54, 1.807) is 0 Å². The minimum atomic E-state index is 0.562. The summed E-state index contributed by atoms with van der Waals surface area (Å²) >= 11 is 5.89. The molecule has 1 aromatic rings. The molecule has 1 heterocycles. The molecule has 0 amide bonds. The molecule has 1 aliphatic heterocycles. The van der Waals surface area contributed by atoms with Gasteiger partial charge < -0.3 is 10.6 Å². The summed E-state index contributed by atoms with van der Waals surface area (Å²) in [4.78, 5) is 2.33. The van der Waals surface area contributed by atoms with Gasteiger partial charge in [-0.3, -0.25) is 0 Å². The van der Waals surface area contributed by atoms with E-state index in [0.29, 0.717) is 6.54 Å². The van der Waals surface area contributed by atoms with Crippen molar-refractivity contribution >= 4 is 17.3 Å². The van der Waals surface area contributed by atoms with Crippen LogP contribution >= 0.6 is 11.6 Å². The highest BCUT2D eigenvalue weighted by Gasteiger charge is 2.16. The van der Waals surface area contributed by atoms with Gasteiger partial charge in [-0.05, 0) is 30.2 Å². The second-order valence-corrected chi connectivity index (χ2v) is 3.75. The van der Waals surface area contributed by atoms with E-state index in [1.165, 1.54) is 12.1 Å². The predicted molar refractivity (Wildman–Crippen MR) is 56.2 cm³/mol. The average molecular weight is 197 g/mol. The first-order valence-corrected chi connectivity index (χ1v) is 4.92. The molecule has 0 spiro atoms. The third kappa shape index (κ3) is 1.64. The highest BCUT2D eigenvalue weighted by Crippen LogP contribution is 2.27. The van der Waals surface area contributed by atoms with Crippen molar-refractivity contribution in [2.24, 2.45) is 5.73 Å². The van der Waals surface area contributed by atoms with Crippen LogP contribution in [-0.2, 0) is 6.54 Å². The monoisotopic (exact) mass is 196 g/mol. The average Bonchev–Trinajstić information content (AvgIpc) is 2.05. The van der Waals surface area contributed by atoms with Crippen LogP contribution in [0, 0.1) is 0 Å². The van der Waals surface area contributed by atoms with Gasteiger partial charge >= 0.3 is 0 Å². The summed E-state index contributed by atoms with van der Waals surface area (Å²) in [5, 5.41) is 0.768. The van der Waals surface area contributed by atoms with Crippen molar-refractivity contribution in [1.29, 1.82) is 0 Å². The number of nitrogens with zero attached hydrogens (tertiary/aromatic N) is 1. The first-order valence-electron chi connectivity index (χ1n) is 4.54. The Morgan fingerprint density at radius 3 is 2.69 bits per heavy atom. The summed E-state index contributed by atoms with van der Waals surface area (Å²) in [6.07, 6.45) is 1.28. The molecular formula is C10H13ClN2. The predicted octanol–water partition coefficient (Wildman–Crippen LogP) is 2.01. The Morgan fingerprint density at radius 2 is 2.15 bits per heavy atom. The molecule has 1 aromatic carbocycles. The fraction of sp³-hybridized carbons (Fsp3) is 0.400. The lowest BCUT2D eigenvalue weighted by Gasteiger charge is -2.34. The largest absolute Gasteiger partial charge is 0.371 e. The molecule has 0 atom stereocenters. The van der Waals surface area contributed by atoms with Gasteiger partial charge in [0.05, 0.1) is 0 Å². The van der Waals surface area contributed by atoms with Crippen LogP contribution < -0.4 is 10.6 Å². The molecule has 3 heteroatoms. The SMILES string of the molecule is NCc1cc(Cl)ccc1N1CCC1. The van der Waals surface area contributed by atoms with Crippen LogP contribution in [0.2, 0.25) is 5.02 Å².